The van der Waals surface area contributed by atoms with Crippen molar-refractivity contribution in [1.29, 1.82) is 0 Å². The van der Waals surface area contributed by atoms with Crippen molar-refractivity contribution in [2.24, 2.45) is 0 Å². The number of nitrogens with one attached hydrogen (secondary N) is 2. The Labute approximate surface area is 136 Å². The number of benzene rings is 1. The van der Waals surface area contributed by atoms with Crippen molar-refractivity contribution in [3.63, 3.8) is 0 Å². The highest BCUT2D eigenvalue weighted by molar-refractivity contribution is 8.18. The maximum absolute atomic E-state index is 11.5. The number of aromatic nitrogens is 2. The SMILES string of the molecule is COc1cccc(Nc2nccc(/C=C3\SC(=O)NC3=O)n2)c1. The third kappa shape index (κ3) is 3.67. The molecule has 1 saturated heterocycles. The van der Waals surface area contributed by atoms with Gasteiger partial charge in [-0.15, -0.1) is 0 Å². The fraction of sp³-hybridized carbons (Fsp3) is 0.0667. The van der Waals surface area contributed by atoms with E-state index in [1.807, 2.05) is 24.3 Å². The molecule has 1 aromatic carbocycles. The number of hydrogen-bond acceptors (Lipinski definition) is 7. The minimum atomic E-state index is -0.416. The van der Waals surface area contributed by atoms with Gasteiger partial charge in [-0.25, -0.2) is 9.97 Å². The number of imide groups is 1. The molecule has 1 aromatic heterocycles. The number of ether oxygens (including phenoxy) is 1. The Kier molecular flexibility index (Phi) is 4.24. The van der Waals surface area contributed by atoms with E-state index in [0.29, 0.717) is 22.3 Å². The third-order valence-electron chi connectivity index (χ3n) is 2.92. The molecule has 0 saturated carbocycles. The van der Waals surface area contributed by atoms with Gasteiger partial charge in [-0.3, -0.25) is 14.9 Å². The molecule has 1 fully saturated rings. The molecule has 8 heteroatoms. The van der Waals surface area contributed by atoms with Gasteiger partial charge in [-0.2, -0.15) is 0 Å². The van der Waals surface area contributed by atoms with Crippen molar-refractivity contribution in [1.82, 2.24) is 15.3 Å². The summed E-state index contributed by atoms with van der Waals surface area (Å²) in [5.41, 5.74) is 1.30. The zero-order valence-corrected chi connectivity index (χ0v) is 12.9. The molecule has 0 spiro atoms. The van der Waals surface area contributed by atoms with Crippen LogP contribution in [0.1, 0.15) is 5.69 Å². The minimum Gasteiger partial charge on any atom is -0.497 e. The van der Waals surface area contributed by atoms with Gasteiger partial charge in [0.15, 0.2) is 0 Å². The summed E-state index contributed by atoms with van der Waals surface area (Å²) in [6.07, 6.45) is 3.12. The molecule has 7 nitrogen and oxygen atoms in total. The highest BCUT2D eigenvalue weighted by Gasteiger charge is 2.25. The Morgan fingerprint density at radius 1 is 1.30 bits per heavy atom. The second-order valence-corrected chi connectivity index (χ2v) is 5.53. The smallest absolute Gasteiger partial charge is 0.290 e. The molecular formula is C15H12N4O3S. The van der Waals surface area contributed by atoms with E-state index in [1.54, 1.807) is 25.4 Å². The van der Waals surface area contributed by atoms with Crippen LogP contribution in [0.5, 0.6) is 5.75 Å². The number of carbonyl (C=O) groups is 2. The molecule has 1 aliphatic rings. The molecule has 3 rings (SSSR count). The molecule has 116 valence electrons. The van der Waals surface area contributed by atoms with Crippen LogP contribution in [0.15, 0.2) is 41.4 Å². The first-order chi connectivity index (χ1) is 11.1. The molecule has 23 heavy (non-hydrogen) atoms. The third-order valence-corrected chi connectivity index (χ3v) is 3.73. The summed E-state index contributed by atoms with van der Waals surface area (Å²) in [7, 11) is 1.59. The summed E-state index contributed by atoms with van der Waals surface area (Å²) in [4.78, 5) is 31.4. The molecule has 2 amide bonds. The minimum absolute atomic E-state index is 0.307. The van der Waals surface area contributed by atoms with Gasteiger partial charge in [0.1, 0.15) is 5.75 Å². The first-order valence-corrected chi connectivity index (χ1v) is 7.45. The highest BCUT2D eigenvalue weighted by atomic mass is 32.2. The number of amides is 2. The number of anilines is 2. The average Bonchev–Trinajstić information content (AvgIpc) is 2.85. The lowest BCUT2D eigenvalue weighted by Gasteiger charge is -2.07. The topological polar surface area (TPSA) is 93.2 Å². The van der Waals surface area contributed by atoms with Crippen LogP contribution in [-0.2, 0) is 4.79 Å². The van der Waals surface area contributed by atoms with E-state index in [2.05, 4.69) is 20.6 Å². The van der Waals surface area contributed by atoms with Crippen molar-refractivity contribution in [3.8, 4) is 5.75 Å². The molecule has 0 aliphatic carbocycles. The summed E-state index contributed by atoms with van der Waals surface area (Å²) < 4.78 is 5.16. The van der Waals surface area contributed by atoms with Gasteiger partial charge in [-0.1, -0.05) is 6.07 Å². The van der Waals surface area contributed by atoms with Crippen molar-refractivity contribution in [3.05, 3.63) is 47.1 Å². The van der Waals surface area contributed by atoms with Crippen LogP contribution in [0.4, 0.5) is 16.4 Å². The number of carbonyl (C=O) groups excluding carboxylic acids is 2. The van der Waals surface area contributed by atoms with Crippen LogP contribution < -0.4 is 15.4 Å². The van der Waals surface area contributed by atoms with E-state index >= 15 is 0 Å². The normalized spacial score (nSPS) is 15.6. The summed E-state index contributed by atoms with van der Waals surface area (Å²) in [5.74, 6) is 0.675. The molecule has 0 unspecified atom stereocenters. The molecule has 0 atom stereocenters. The molecule has 1 aliphatic heterocycles. The van der Waals surface area contributed by atoms with Crippen LogP contribution in [0, 0.1) is 0 Å². The fourth-order valence-corrected chi connectivity index (χ4v) is 2.57. The van der Waals surface area contributed by atoms with Gasteiger partial charge in [0, 0.05) is 18.0 Å². The molecular weight excluding hydrogens is 316 g/mol. The van der Waals surface area contributed by atoms with Gasteiger partial charge < -0.3 is 10.1 Å². The number of thioether (sulfide) groups is 1. The summed E-state index contributed by atoms with van der Waals surface area (Å²) in [6.45, 7) is 0. The Morgan fingerprint density at radius 2 is 2.17 bits per heavy atom. The van der Waals surface area contributed by atoms with E-state index < -0.39 is 5.91 Å². The second kappa shape index (κ2) is 6.49. The van der Waals surface area contributed by atoms with Gasteiger partial charge in [0.25, 0.3) is 11.1 Å². The first kappa shape index (κ1) is 15.0. The van der Waals surface area contributed by atoms with Gasteiger partial charge in [0.05, 0.1) is 17.7 Å². The van der Waals surface area contributed by atoms with Crippen LogP contribution >= 0.6 is 11.8 Å². The van der Waals surface area contributed by atoms with Gasteiger partial charge in [0.2, 0.25) is 5.95 Å². The van der Waals surface area contributed by atoms with E-state index in [9.17, 15) is 9.59 Å². The van der Waals surface area contributed by atoms with E-state index in [0.717, 1.165) is 17.4 Å². The molecule has 2 aromatic rings. The number of nitrogens with zero attached hydrogens (tertiary/aromatic N) is 2. The van der Waals surface area contributed by atoms with Crippen molar-refractivity contribution in [2.75, 3.05) is 12.4 Å². The summed E-state index contributed by atoms with van der Waals surface area (Å²) in [5, 5.41) is 4.87. The lowest BCUT2D eigenvalue weighted by Crippen LogP contribution is -2.17. The zero-order chi connectivity index (χ0) is 16.2. The lowest BCUT2D eigenvalue weighted by atomic mass is 10.3. The van der Waals surface area contributed by atoms with Crippen molar-refractivity contribution in [2.45, 2.75) is 0 Å². The number of hydrogen-bond donors (Lipinski definition) is 2. The van der Waals surface area contributed by atoms with E-state index in [1.165, 1.54) is 0 Å². The largest absolute Gasteiger partial charge is 0.497 e. The standard InChI is InChI=1S/C15H12N4O3S/c1-22-11-4-2-3-9(7-11)17-14-16-6-5-10(18-14)8-12-13(20)19-15(21)23-12/h2-8H,1H3,(H,16,17,18)(H,19,20,21)/b12-8-. The van der Waals surface area contributed by atoms with Crippen LogP contribution in [0.2, 0.25) is 0 Å². The summed E-state index contributed by atoms with van der Waals surface area (Å²) in [6, 6.07) is 9.00. The predicted octanol–water partition coefficient (Wildman–Crippen LogP) is 2.55. The average molecular weight is 328 g/mol. The second-order valence-electron chi connectivity index (χ2n) is 4.51. The van der Waals surface area contributed by atoms with Crippen molar-refractivity contribution < 1.29 is 14.3 Å². The molecule has 2 heterocycles. The van der Waals surface area contributed by atoms with Crippen LogP contribution in [0.25, 0.3) is 6.08 Å². The van der Waals surface area contributed by atoms with E-state index in [-0.39, 0.29) is 5.24 Å². The fourth-order valence-electron chi connectivity index (χ4n) is 1.90. The first-order valence-electron chi connectivity index (χ1n) is 6.63. The zero-order valence-electron chi connectivity index (χ0n) is 12.1. The Bertz CT molecular complexity index is 807. The van der Waals surface area contributed by atoms with Gasteiger partial charge >= 0.3 is 0 Å². The van der Waals surface area contributed by atoms with Crippen molar-refractivity contribution >= 4 is 40.6 Å². The quantitative estimate of drug-likeness (QED) is 0.833. The maximum Gasteiger partial charge on any atom is 0.290 e. The lowest BCUT2D eigenvalue weighted by molar-refractivity contribution is -0.115. The molecule has 0 radical (unpaired) electrons. The molecule has 2 N–H and O–H groups in total. The Balaban J connectivity index is 1.81. The monoisotopic (exact) mass is 328 g/mol. The number of rotatable bonds is 4. The highest BCUT2D eigenvalue weighted by Crippen LogP contribution is 2.25. The van der Waals surface area contributed by atoms with Gasteiger partial charge in [-0.05, 0) is 36.0 Å². The number of methoxy groups -OCH3 is 1. The maximum atomic E-state index is 11.5. The Morgan fingerprint density at radius 3 is 2.91 bits per heavy atom. The molecule has 0 bridgehead atoms. The summed E-state index contributed by atoms with van der Waals surface area (Å²) >= 11 is 0.847. The van der Waals surface area contributed by atoms with Crippen LogP contribution in [-0.4, -0.2) is 28.2 Å². The van der Waals surface area contributed by atoms with E-state index in [4.69, 9.17) is 4.74 Å². The Hall–Kier alpha value is -2.87. The van der Waals surface area contributed by atoms with Crippen LogP contribution in [0.3, 0.4) is 0 Å². The predicted molar refractivity (Wildman–Crippen MR) is 87.4 cm³/mol.